The third-order valence-electron chi connectivity index (χ3n) is 1.24. The van der Waals surface area contributed by atoms with Crippen molar-refractivity contribution in [1.82, 2.24) is 9.97 Å². The zero-order valence-electron chi connectivity index (χ0n) is 6.16. The molecule has 3 N–H and O–H groups in total. The molecule has 64 valence electrons. The second kappa shape index (κ2) is 5.27. The van der Waals surface area contributed by atoms with E-state index in [-0.39, 0.29) is 0 Å². The maximum atomic E-state index is 5.40. The third kappa shape index (κ3) is 2.57. The van der Waals surface area contributed by atoms with Crippen molar-refractivity contribution in [3.05, 3.63) is 24.4 Å². The van der Waals surface area contributed by atoms with Gasteiger partial charge in [-0.2, -0.15) is 0 Å². The molecule has 1 heterocycles. The van der Waals surface area contributed by atoms with Gasteiger partial charge in [-0.1, -0.05) is 0 Å². The molecule has 1 unspecified atom stereocenters. The Labute approximate surface area is 85.1 Å². The molecule has 6 heteroatoms. The number of hydrogen-bond donors (Lipinski definition) is 2. The van der Waals surface area contributed by atoms with Crippen LogP contribution in [-0.2, 0) is 0 Å². The van der Waals surface area contributed by atoms with Crippen molar-refractivity contribution in [3.63, 3.8) is 0 Å². The number of imidazole rings is 1. The van der Waals surface area contributed by atoms with E-state index in [0.29, 0.717) is 6.37 Å². The summed E-state index contributed by atoms with van der Waals surface area (Å²) in [7, 11) is 0. The highest BCUT2D eigenvalue weighted by Gasteiger charge is 1.97. The van der Waals surface area contributed by atoms with Gasteiger partial charge in [-0.05, 0) is 22.0 Å². The van der Waals surface area contributed by atoms with E-state index in [1.54, 1.807) is 18.7 Å². The van der Waals surface area contributed by atoms with E-state index in [9.17, 15) is 0 Å². The van der Waals surface area contributed by atoms with E-state index >= 15 is 0 Å². The summed E-state index contributed by atoms with van der Waals surface area (Å²) in [6.07, 6.45) is 7.08. The second-order valence-electron chi connectivity index (χ2n) is 1.93. The Morgan fingerprint density at radius 2 is 2.67 bits per heavy atom. The van der Waals surface area contributed by atoms with Crippen LogP contribution in [0.15, 0.2) is 23.5 Å². The molecule has 0 aromatic carbocycles. The number of hydrogen-bond acceptors (Lipinski definition) is 3. The molecule has 0 aliphatic rings. The van der Waals surface area contributed by atoms with E-state index < -0.39 is 0 Å². The minimum atomic E-state index is 0.517. The normalized spacial score (nSPS) is 13.6. The molecule has 1 rings (SSSR count). The molecule has 0 saturated heterocycles. The molecule has 0 radical (unpaired) electrons. The molecule has 0 amide bonds. The molecule has 0 spiro atoms. The summed E-state index contributed by atoms with van der Waals surface area (Å²) < 4.78 is 4.09. The van der Waals surface area contributed by atoms with Gasteiger partial charge in [-0.15, -0.1) is 0 Å². The van der Waals surface area contributed by atoms with E-state index in [4.69, 9.17) is 5.73 Å². The van der Waals surface area contributed by atoms with E-state index in [2.05, 4.69) is 36.8 Å². The Hall–Kier alpha value is -0.420. The van der Waals surface area contributed by atoms with Gasteiger partial charge in [0.2, 0.25) is 0 Å². The topological polar surface area (TPSA) is 67.1 Å². The highest BCUT2D eigenvalue weighted by molar-refractivity contribution is 14.2. The number of nitrogens with zero attached hydrogens (tertiary/aromatic N) is 2. The van der Waals surface area contributed by atoms with Crippen molar-refractivity contribution in [2.24, 2.45) is 10.5 Å². The number of allylic oxidation sites excluding steroid dienone is 1. The number of aromatic amines is 1. The first-order valence-electron chi connectivity index (χ1n) is 3.18. The molecule has 1 atom stereocenters. The van der Waals surface area contributed by atoms with Gasteiger partial charge in [0.1, 0.15) is 0 Å². The number of halogens is 1. The lowest BCUT2D eigenvalue weighted by atomic mass is 10.2. The second-order valence-corrected chi connectivity index (χ2v) is 3.80. The van der Waals surface area contributed by atoms with E-state index in [1.807, 2.05) is 0 Å². The summed E-state index contributed by atoms with van der Waals surface area (Å²) in [5, 5.41) is 0. The average molecular weight is 294 g/mol. The summed E-state index contributed by atoms with van der Waals surface area (Å²) in [5.74, 6) is 0. The first-order chi connectivity index (χ1) is 5.88. The smallest absolute Gasteiger partial charge is 0.0924 e. The van der Waals surface area contributed by atoms with Crippen molar-refractivity contribution in [3.8, 4) is 0 Å². The minimum Gasteiger partial charge on any atom is -0.404 e. The fourth-order valence-corrected chi connectivity index (χ4v) is 1.32. The first kappa shape index (κ1) is 9.67. The summed E-state index contributed by atoms with van der Waals surface area (Å²) in [6.45, 7) is 0. The molecular weight excluding hydrogens is 286 g/mol. The lowest BCUT2D eigenvalue weighted by Gasteiger charge is -1.93. The molecular formula is C6H8IN4P. The summed E-state index contributed by atoms with van der Waals surface area (Å²) in [5.41, 5.74) is 7.15. The fraction of sp³-hybridized carbons (Fsp3) is 0. The van der Waals surface area contributed by atoms with E-state index in [0.717, 1.165) is 11.3 Å². The Kier molecular flexibility index (Phi) is 4.24. The SMILES string of the molecule is N/C=C(\C=N\PI)c1cnc[nH]1. The van der Waals surface area contributed by atoms with Crippen LogP contribution in [0.2, 0.25) is 0 Å². The molecule has 0 saturated carbocycles. The zero-order valence-corrected chi connectivity index (χ0v) is 9.32. The van der Waals surface area contributed by atoms with Crippen LogP contribution in [-0.4, -0.2) is 16.2 Å². The van der Waals surface area contributed by atoms with Gasteiger partial charge < -0.3 is 10.7 Å². The largest absolute Gasteiger partial charge is 0.404 e. The summed E-state index contributed by atoms with van der Waals surface area (Å²) >= 11 is 2.19. The highest BCUT2D eigenvalue weighted by Crippen LogP contribution is 2.22. The van der Waals surface area contributed by atoms with Crippen LogP contribution in [0.5, 0.6) is 0 Å². The first-order valence-corrected chi connectivity index (χ1v) is 7.24. The molecule has 0 aliphatic carbocycles. The molecule has 0 aliphatic heterocycles. The molecule has 4 nitrogen and oxygen atoms in total. The van der Waals surface area contributed by atoms with Crippen molar-refractivity contribution in [1.29, 1.82) is 0 Å². The number of nitrogens with one attached hydrogen (secondary N) is 1. The lowest BCUT2D eigenvalue weighted by molar-refractivity contribution is 1.30. The van der Waals surface area contributed by atoms with Crippen LogP contribution in [0.25, 0.3) is 5.57 Å². The van der Waals surface area contributed by atoms with Crippen molar-refractivity contribution in [2.75, 3.05) is 0 Å². The molecule has 12 heavy (non-hydrogen) atoms. The Balaban J connectivity index is 2.78. The number of H-pyrrole nitrogens is 1. The predicted octanol–water partition coefficient (Wildman–Crippen LogP) is 1.72. The standard InChI is InChI=1S/C6H8IN4P/c7-12-11-2-5(1-8)6-3-9-4-10-6/h1-4,12H,8H2,(H,9,10)/b5-1+,11-2+. The van der Waals surface area contributed by atoms with Crippen LogP contribution < -0.4 is 5.73 Å². The van der Waals surface area contributed by atoms with Crippen LogP contribution in [0, 0.1) is 0 Å². The Morgan fingerprint density at radius 3 is 3.17 bits per heavy atom. The maximum Gasteiger partial charge on any atom is 0.0924 e. The third-order valence-corrected chi connectivity index (χ3v) is 2.30. The number of rotatable bonds is 3. The monoisotopic (exact) mass is 294 g/mol. The van der Waals surface area contributed by atoms with Crippen LogP contribution >= 0.6 is 28.4 Å². The molecule has 1 aromatic heterocycles. The van der Waals surface area contributed by atoms with Gasteiger partial charge in [0.15, 0.2) is 0 Å². The van der Waals surface area contributed by atoms with Crippen molar-refractivity contribution < 1.29 is 0 Å². The summed E-state index contributed by atoms with van der Waals surface area (Å²) in [6, 6.07) is 0. The lowest BCUT2D eigenvalue weighted by Crippen LogP contribution is -1.90. The van der Waals surface area contributed by atoms with Gasteiger partial charge in [0, 0.05) is 18.0 Å². The molecule has 0 bridgehead atoms. The van der Waals surface area contributed by atoms with Gasteiger partial charge >= 0.3 is 0 Å². The van der Waals surface area contributed by atoms with Crippen molar-refractivity contribution in [2.45, 2.75) is 0 Å². The Bertz CT molecular complexity index is 280. The van der Waals surface area contributed by atoms with Gasteiger partial charge in [0.05, 0.1) is 24.6 Å². The van der Waals surface area contributed by atoms with Crippen molar-refractivity contribution >= 4 is 40.2 Å². The summed E-state index contributed by atoms with van der Waals surface area (Å²) in [4.78, 5) is 6.83. The highest BCUT2D eigenvalue weighted by atomic mass is 127. The van der Waals surface area contributed by atoms with Crippen LogP contribution in [0.4, 0.5) is 0 Å². The van der Waals surface area contributed by atoms with E-state index in [1.165, 1.54) is 6.20 Å². The zero-order chi connectivity index (χ0) is 8.81. The van der Waals surface area contributed by atoms with Gasteiger partial charge in [0.25, 0.3) is 0 Å². The minimum absolute atomic E-state index is 0.517. The number of nitrogens with two attached hydrogens (primary N) is 1. The predicted molar refractivity (Wildman–Crippen MR) is 61.6 cm³/mol. The maximum absolute atomic E-state index is 5.40. The van der Waals surface area contributed by atoms with Gasteiger partial charge in [-0.25, -0.2) is 4.98 Å². The fourth-order valence-electron chi connectivity index (χ4n) is 0.710. The average Bonchev–Trinajstić information content (AvgIpc) is 2.59. The van der Waals surface area contributed by atoms with Gasteiger partial charge in [-0.3, -0.25) is 4.76 Å². The number of aromatic nitrogens is 2. The molecule has 1 aromatic rings. The molecule has 0 fully saturated rings. The Morgan fingerprint density at radius 1 is 1.83 bits per heavy atom. The van der Waals surface area contributed by atoms with Crippen LogP contribution in [0.3, 0.4) is 0 Å². The van der Waals surface area contributed by atoms with Crippen LogP contribution in [0.1, 0.15) is 5.69 Å². The quantitative estimate of drug-likeness (QED) is 0.506.